The van der Waals surface area contributed by atoms with Gasteiger partial charge in [-0.25, -0.2) is 0 Å². The Balaban J connectivity index is 2.10. The molecule has 3 N–H and O–H groups in total. The number of amides is 1. The van der Waals surface area contributed by atoms with Crippen LogP contribution in [0.5, 0.6) is 0 Å². The van der Waals surface area contributed by atoms with Gasteiger partial charge in [-0.3, -0.25) is 9.59 Å². The molecule has 1 amide bonds. The minimum atomic E-state index is -0.331. The molecule has 5 nitrogen and oxygen atoms in total. The van der Waals surface area contributed by atoms with Crippen LogP contribution in [0.3, 0.4) is 0 Å². The number of pyridine rings is 1. The third kappa shape index (κ3) is 3.35. The molecular formula is C13H12ClN3O2. The van der Waals surface area contributed by atoms with Crippen molar-refractivity contribution >= 4 is 28.9 Å². The number of benzene rings is 1. The van der Waals surface area contributed by atoms with Gasteiger partial charge in [0.2, 0.25) is 5.91 Å². The fraction of sp³-hybridized carbons (Fsp3) is 0.0769. The molecule has 0 radical (unpaired) electrons. The molecule has 2 rings (SSSR count). The summed E-state index contributed by atoms with van der Waals surface area (Å²) < 4.78 is 1.31. The van der Waals surface area contributed by atoms with Crippen LogP contribution in [-0.4, -0.2) is 10.5 Å². The van der Waals surface area contributed by atoms with E-state index in [-0.39, 0.29) is 18.0 Å². The molecule has 2 aromatic rings. The van der Waals surface area contributed by atoms with Crippen LogP contribution in [0, 0.1) is 0 Å². The fourth-order valence-electron chi connectivity index (χ4n) is 1.58. The molecule has 98 valence electrons. The number of hydrogen-bond donors (Lipinski definition) is 2. The van der Waals surface area contributed by atoms with Crippen molar-refractivity contribution < 1.29 is 4.79 Å². The smallest absolute Gasteiger partial charge is 0.250 e. The lowest BCUT2D eigenvalue weighted by atomic mass is 10.2. The summed E-state index contributed by atoms with van der Waals surface area (Å²) in [6, 6.07) is 9.49. The third-order valence-electron chi connectivity index (χ3n) is 2.50. The number of anilines is 2. The molecule has 0 atom stereocenters. The van der Waals surface area contributed by atoms with Crippen LogP contribution < -0.4 is 16.6 Å². The van der Waals surface area contributed by atoms with Gasteiger partial charge >= 0.3 is 0 Å². The van der Waals surface area contributed by atoms with Crippen molar-refractivity contribution in [1.82, 2.24) is 4.57 Å². The van der Waals surface area contributed by atoms with Crippen LogP contribution in [0.1, 0.15) is 0 Å². The van der Waals surface area contributed by atoms with Gasteiger partial charge in [0, 0.05) is 17.3 Å². The molecule has 1 heterocycles. The van der Waals surface area contributed by atoms with Crippen LogP contribution in [0.2, 0.25) is 5.02 Å². The molecular weight excluding hydrogens is 266 g/mol. The number of halogens is 1. The van der Waals surface area contributed by atoms with Crippen molar-refractivity contribution in [2.45, 2.75) is 6.54 Å². The van der Waals surface area contributed by atoms with Crippen LogP contribution >= 0.6 is 11.6 Å². The molecule has 0 saturated carbocycles. The molecule has 1 aromatic carbocycles. The van der Waals surface area contributed by atoms with Crippen molar-refractivity contribution in [3.8, 4) is 0 Å². The minimum absolute atomic E-state index is 0.0677. The van der Waals surface area contributed by atoms with Gasteiger partial charge in [-0.1, -0.05) is 17.7 Å². The lowest BCUT2D eigenvalue weighted by molar-refractivity contribution is -0.116. The van der Waals surface area contributed by atoms with E-state index < -0.39 is 0 Å². The van der Waals surface area contributed by atoms with E-state index in [1.165, 1.54) is 10.6 Å². The Kier molecular flexibility index (Phi) is 3.87. The van der Waals surface area contributed by atoms with Gasteiger partial charge in [0.15, 0.2) is 0 Å². The van der Waals surface area contributed by atoms with Gasteiger partial charge in [0.05, 0.1) is 11.4 Å². The number of nitrogen functional groups attached to an aromatic ring is 1. The molecule has 0 aliphatic rings. The van der Waals surface area contributed by atoms with Crippen molar-refractivity contribution in [3.05, 3.63) is 58.0 Å². The van der Waals surface area contributed by atoms with Crippen LogP contribution in [0.15, 0.2) is 47.4 Å². The van der Waals surface area contributed by atoms with E-state index in [2.05, 4.69) is 5.32 Å². The van der Waals surface area contributed by atoms with Crippen LogP contribution in [-0.2, 0) is 11.3 Å². The molecule has 1 aromatic heterocycles. The predicted octanol–water partition coefficient (Wildman–Crippen LogP) is 1.72. The molecule has 19 heavy (non-hydrogen) atoms. The number of aromatic nitrogens is 1. The van der Waals surface area contributed by atoms with E-state index in [4.69, 9.17) is 17.3 Å². The molecule has 0 aliphatic carbocycles. The summed E-state index contributed by atoms with van der Waals surface area (Å²) in [5.41, 5.74) is 6.34. The third-order valence-corrected chi connectivity index (χ3v) is 2.74. The Hall–Kier alpha value is -2.27. The highest BCUT2D eigenvalue weighted by Crippen LogP contribution is 2.22. The predicted molar refractivity (Wildman–Crippen MR) is 75.2 cm³/mol. The first-order valence-corrected chi connectivity index (χ1v) is 5.94. The van der Waals surface area contributed by atoms with Crippen molar-refractivity contribution in [1.29, 1.82) is 0 Å². The molecule has 0 aliphatic heterocycles. The second-order valence-electron chi connectivity index (χ2n) is 3.95. The van der Waals surface area contributed by atoms with E-state index in [1.54, 1.807) is 36.5 Å². The molecule has 0 saturated heterocycles. The maximum Gasteiger partial charge on any atom is 0.250 e. The first-order chi connectivity index (χ1) is 9.06. The Morgan fingerprint density at radius 1 is 1.32 bits per heavy atom. The topological polar surface area (TPSA) is 77.1 Å². The number of nitrogens with zero attached hydrogens (tertiary/aromatic N) is 1. The first kappa shape index (κ1) is 13.2. The van der Waals surface area contributed by atoms with Crippen LogP contribution in [0.25, 0.3) is 0 Å². The SMILES string of the molecule is Nc1cc(Cl)ccc1NC(=O)Cn1ccccc1=O. The number of nitrogens with two attached hydrogens (primary N) is 1. The van der Waals surface area contributed by atoms with E-state index in [0.717, 1.165) is 0 Å². The zero-order chi connectivity index (χ0) is 13.8. The van der Waals surface area contributed by atoms with Crippen LogP contribution in [0.4, 0.5) is 11.4 Å². The molecule has 0 unspecified atom stereocenters. The zero-order valence-electron chi connectivity index (χ0n) is 9.97. The number of hydrogen-bond acceptors (Lipinski definition) is 3. The summed E-state index contributed by atoms with van der Waals surface area (Å²) in [7, 11) is 0. The summed E-state index contributed by atoms with van der Waals surface area (Å²) in [5.74, 6) is -0.331. The standard InChI is InChI=1S/C13H12ClN3O2/c14-9-4-5-11(10(15)7-9)16-12(18)8-17-6-2-1-3-13(17)19/h1-7H,8,15H2,(H,16,18). The first-order valence-electron chi connectivity index (χ1n) is 5.56. The number of carbonyl (C=O) groups excluding carboxylic acids is 1. The lowest BCUT2D eigenvalue weighted by Gasteiger charge is -2.09. The van der Waals surface area contributed by atoms with Gasteiger partial charge in [-0.05, 0) is 24.3 Å². The summed E-state index contributed by atoms with van der Waals surface area (Å²) in [6.07, 6.45) is 1.55. The monoisotopic (exact) mass is 277 g/mol. The Bertz CT molecular complexity index is 667. The Morgan fingerprint density at radius 2 is 2.11 bits per heavy atom. The highest BCUT2D eigenvalue weighted by atomic mass is 35.5. The van der Waals surface area contributed by atoms with Gasteiger partial charge < -0.3 is 15.6 Å². The van der Waals surface area contributed by atoms with Crippen molar-refractivity contribution in [2.75, 3.05) is 11.1 Å². The van der Waals surface area contributed by atoms with Crippen molar-refractivity contribution in [3.63, 3.8) is 0 Å². The number of rotatable bonds is 3. The van der Waals surface area contributed by atoms with E-state index in [9.17, 15) is 9.59 Å². The van der Waals surface area contributed by atoms with E-state index >= 15 is 0 Å². The molecule has 0 spiro atoms. The van der Waals surface area contributed by atoms with Gasteiger partial charge in [-0.2, -0.15) is 0 Å². The molecule has 0 bridgehead atoms. The largest absolute Gasteiger partial charge is 0.397 e. The van der Waals surface area contributed by atoms with E-state index in [0.29, 0.717) is 16.4 Å². The summed E-state index contributed by atoms with van der Waals surface area (Å²) in [4.78, 5) is 23.3. The average Bonchev–Trinajstić information content (AvgIpc) is 2.36. The summed E-state index contributed by atoms with van der Waals surface area (Å²) in [5, 5.41) is 3.13. The summed E-state index contributed by atoms with van der Waals surface area (Å²) in [6.45, 7) is -0.0677. The Labute approximate surface area is 114 Å². The van der Waals surface area contributed by atoms with Crippen molar-refractivity contribution in [2.24, 2.45) is 0 Å². The molecule has 0 fully saturated rings. The van der Waals surface area contributed by atoms with Gasteiger partial charge in [0.1, 0.15) is 6.54 Å². The maximum atomic E-state index is 11.8. The van der Waals surface area contributed by atoms with Gasteiger partial charge in [0.25, 0.3) is 5.56 Å². The number of carbonyl (C=O) groups is 1. The lowest BCUT2D eigenvalue weighted by Crippen LogP contribution is -2.26. The van der Waals surface area contributed by atoms with Gasteiger partial charge in [-0.15, -0.1) is 0 Å². The second-order valence-corrected chi connectivity index (χ2v) is 4.38. The second kappa shape index (κ2) is 5.58. The maximum absolute atomic E-state index is 11.8. The van der Waals surface area contributed by atoms with E-state index in [1.807, 2.05) is 0 Å². The quantitative estimate of drug-likeness (QED) is 0.839. The Morgan fingerprint density at radius 3 is 2.79 bits per heavy atom. The normalized spacial score (nSPS) is 10.2. The highest BCUT2D eigenvalue weighted by Gasteiger charge is 2.07. The minimum Gasteiger partial charge on any atom is -0.397 e. The highest BCUT2D eigenvalue weighted by molar-refractivity contribution is 6.31. The zero-order valence-corrected chi connectivity index (χ0v) is 10.7. The molecule has 6 heteroatoms. The summed E-state index contributed by atoms with van der Waals surface area (Å²) >= 11 is 5.77. The average molecular weight is 278 g/mol. The number of nitrogens with one attached hydrogen (secondary N) is 1. The fourth-order valence-corrected chi connectivity index (χ4v) is 1.76.